The molecular weight excluding hydrogens is 392 g/mol. The Morgan fingerprint density at radius 2 is 1.89 bits per heavy atom. The molecule has 1 N–H and O–H groups in total. The van der Waals surface area contributed by atoms with Gasteiger partial charge in [0.1, 0.15) is 17.8 Å². The molecule has 1 aromatic carbocycles. The van der Waals surface area contributed by atoms with Crippen molar-refractivity contribution in [2.24, 2.45) is 0 Å². The van der Waals surface area contributed by atoms with Crippen molar-refractivity contribution in [2.75, 3.05) is 36.0 Å². The summed E-state index contributed by atoms with van der Waals surface area (Å²) in [6, 6.07) is 10.2. The Bertz CT molecular complexity index is 1120. The quantitative estimate of drug-likeness (QED) is 0.543. The summed E-state index contributed by atoms with van der Waals surface area (Å²) >= 11 is 7.89. The monoisotopic (exact) mass is 410 g/mol. The SMILES string of the molecule is Cc1ccc(Cl)cc1N1CCN(c2ncnc3[nH]nc(-c4cccs4)c23)CC1. The Balaban J connectivity index is 1.45. The molecule has 1 fully saturated rings. The Morgan fingerprint density at radius 1 is 1.07 bits per heavy atom. The molecule has 28 heavy (non-hydrogen) atoms. The second kappa shape index (κ2) is 7.07. The van der Waals surface area contributed by atoms with Crippen LogP contribution < -0.4 is 9.80 Å². The largest absolute Gasteiger partial charge is 0.368 e. The average molecular weight is 411 g/mol. The molecule has 0 bridgehead atoms. The molecule has 6 nitrogen and oxygen atoms in total. The second-order valence-electron chi connectivity index (χ2n) is 6.88. The lowest BCUT2D eigenvalue weighted by atomic mass is 10.1. The number of benzene rings is 1. The van der Waals surface area contributed by atoms with Gasteiger partial charge in [0.05, 0.1) is 10.3 Å². The van der Waals surface area contributed by atoms with Crippen molar-refractivity contribution >= 4 is 45.5 Å². The fourth-order valence-corrected chi connectivity index (χ4v) is 4.64. The third kappa shape index (κ3) is 3.00. The van der Waals surface area contributed by atoms with Crippen LogP contribution in [0.5, 0.6) is 0 Å². The van der Waals surface area contributed by atoms with Crippen LogP contribution in [-0.4, -0.2) is 46.3 Å². The van der Waals surface area contributed by atoms with Gasteiger partial charge < -0.3 is 9.80 Å². The van der Waals surface area contributed by atoms with E-state index in [-0.39, 0.29) is 0 Å². The lowest BCUT2D eigenvalue weighted by molar-refractivity contribution is 0.648. The van der Waals surface area contributed by atoms with Gasteiger partial charge in [0.15, 0.2) is 5.65 Å². The van der Waals surface area contributed by atoms with Crippen molar-refractivity contribution in [3.05, 3.63) is 52.6 Å². The Labute approximate surface area is 171 Å². The zero-order chi connectivity index (χ0) is 19.1. The van der Waals surface area contributed by atoms with Crippen LogP contribution >= 0.6 is 22.9 Å². The van der Waals surface area contributed by atoms with Gasteiger partial charge in [0.2, 0.25) is 0 Å². The van der Waals surface area contributed by atoms with Crippen LogP contribution in [-0.2, 0) is 0 Å². The van der Waals surface area contributed by atoms with E-state index in [0.29, 0.717) is 0 Å². The van der Waals surface area contributed by atoms with Gasteiger partial charge in [-0.1, -0.05) is 23.7 Å². The van der Waals surface area contributed by atoms with E-state index in [2.05, 4.69) is 60.5 Å². The number of piperazine rings is 1. The fourth-order valence-electron chi connectivity index (χ4n) is 3.76. The zero-order valence-corrected chi connectivity index (χ0v) is 17.0. The van der Waals surface area contributed by atoms with E-state index in [1.165, 1.54) is 11.3 Å². The van der Waals surface area contributed by atoms with Crippen LogP contribution in [0.3, 0.4) is 0 Å². The van der Waals surface area contributed by atoms with E-state index in [4.69, 9.17) is 11.6 Å². The maximum absolute atomic E-state index is 6.22. The number of halogens is 1. The molecule has 0 amide bonds. The number of nitrogens with one attached hydrogen (secondary N) is 1. The fraction of sp³-hybridized carbons (Fsp3) is 0.250. The van der Waals surface area contributed by atoms with Crippen molar-refractivity contribution < 1.29 is 0 Å². The second-order valence-corrected chi connectivity index (χ2v) is 8.26. The van der Waals surface area contributed by atoms with Gasteiger partial charge in [-0.2, -0.15) is 5.10 Å². The minimum atomic E-state index is 0.777. The minimum Gasteiger partial charge on any atom is -0.368 e. The number of nitrogens with zero attached hydrogens (tertiary/aromatic N) is 5. The number of aryl methyl sites for hydroxylation is 1. The molecule has 3 aromatic heterocycles. The summed E-state index contributed by atoms with van der Waals surface area (Å²) in [7, 11) is 0. The zero-order valence-electron chi connectivity index (χ0n) is 15.4. The van der Waals surface area contributed by atoms with Crippen LogP contribution in [0.25, 0.3) is 21.6 Å². The molecule has 0 spiro atoms. The first-order valence-electron chi connectivity index (χ1n) is 9.20. The highest BCUT2D eigenvalue weighted by Crippen LogP contribution is 2.34. The molecule has 5 rings (SSSR count). The number of hydrogen-bond acceptors (Lipinski definition) is 6. The summed E-state index contributed by atoms with van der Waals surface area (Å²) in [5.74, 6) is 0.949. The maximum atomic E-state index is 6.22. The van der Waals surface area contributed by atoms with Crippen LogP contribution in [0.4, 0.5) is 11.5 Å². The summed E-state index contributed by atoms with van der Waals surface area (Å²) < 4.78 is 0. The number of aromatic amines is 1. The number of anilines is 2. The van der Waals surface area contributed by atoms with Gasteiger partial charge in [-0.05, 0) is 36.1 Å². The predicted molar refractivity (Wildman–Crippen MR) is 116 cm³/mol. The third-order valence-corrected chi connectivity index (χ3v) is 6.29. The molecule has 0 radical (unpaired) electrons. The van der Waals surface area contributed by atoms with Gasteiger partial charge in [-0.15, -0.1) is 11.3 Å². The number of fused-ring (bicyclic) bond motifs is 1. The van der Waals surface area contributed by atoms with Gasteiger partial charge in [0, 0.05) is 36.9 Å². The van der Waals surface area contributed by atoms with Gasteiger partial charge in [-0.25, -0.2) is 9.97 Å². The number of hydrogen-bond donors (Lipinski definition) is 1. The molecule has 1 aliphatic heterocycles. The standard InChI is InChI=1S/C20H19ClN6S/c1-13-4-5-14(21)11-15(13)26-6-8-27(9-7-26)20-17-18(16-3-2-10-28-16)24-25-19(17)22-12-23-20/h2-5,10-12H,6-9H2,1H3,(H,22,23,24,25). The van der Waals surface area contributed by atoms with Gasteiger partial charge in [-0.3, -0.25) is 5.10 Å². The summed E-state index contributed by atoms with van der Waals surface area (Å²) in [6.45, 7) is 5.72. The summed E-state index contributed by atoms with van der Waals surface area (Å²) in [5, 5.41) is 11.4. The molecule has 4 heterocycles. The molecule has 142 valence electrons. The molecule has 0 atom stereocenters. The number of rotatable bonds is 3. The van der Waals surface area contributed by atoms with E-state index in [1.807, 2.05) is 12.1 Å². The summed E-state index contributed by atoms with van der Waals surface area (Å²) in [5.41, 5.74) is 4.16. The predicted octanol–water partition coefficient (Wildman–Crippen LogP) is 4.37. The first-order chi connectivity index (χ1) is 13.7. The van der Waals surface area contributed by atoms with Crippen molar-refractivity contribution in [3.8, 4) is 10.6 Å². The molecule has 1 aliphatic rings. The van der Waals surface area contributed by atoms with E-state index >= 15 is 0 Å². The highest BCUT2D eigenvalue weighted by Gasteiger charge is 2.24. The highest BCUT2D eigenvalue weighted by atomic mass is 35.5. The van der Waals surface area contributed by atoms with Crippen molar-refractivity contribution in [2.45, 2.75) is 6.92 Å². The van der Waals surface area contributed by atoms with Crippen LogP contribution in [0.1, 0.15) is 5.56 Å². The Kier molecular flexibility index (Phi) is 4.41. The van der Waals surface area contributed by atoms with E-state index in [0.717, 1.165) is 58.6 Å². The molecule has 1 saturated heterocycles. The molecule has 4 aromatic rings. The van der Waals surface area contributed by atoms with Gasteiger partial charge >= 0.3 is 0 Å². The average Bonchev–Trinajstić information content (AvgIpc) is 3.39. The number of aromatic nitrogens is 4. The van der Waals surface area contributed by atoms with Gasteiger partial charge in [0.25, 0.3) is 0 Å². The van der Waals surface area contributed by atoms with Crippen LogP contribution in [0, 0.1) is 6.92 Å². The molecular formula is C20H19ClN6S. The highest BCUT2D eigenvalue weighted by molar-refractivity contribution is 7.13. The normalized spacial score (nSPS) is 14.8. The first-order valence-corrected chi connectivity index (χ1v) is 10.5. The number of thiophene rings is 1. The topological polar surface area (TPSA) is 60.9 Å². The Morgan fingerprint density at radius 3 is 2.68 bits per heavy atom. The van der Waals surface area contributed by atoms with Crippen molar-refractivity contribution in [1.29, 1.82) is 0 Å². The smallest absolute Gasteiger partial charge is 0.161 e. The summed E-state index contributed by atoms with van der Waals surface area (Å²) in [4.78, 5) is 14.8. The lowest BCUT2D eigenvalue weighted by Gasteiger charge is -2.37. The minimum absolute atomic E-state index is 0.777. The van der Waals surface area contributed by atoms with E-state index < -0.39 is 0 Å². The van der Waals surface area contributed by atoms with Crippen LogP contribution in [0.2, 0.25) is 5.02 Å². The molecule has 8 heteroatoms. The number of H-pyrrole nitrogens is 1. The maximum Gasteiger partial charge on any atom is 0.161 e. The molecule has 0 saturated carbocycles. The lowest BCUT2D eigenvalue weighted by Crippen LogP contribution is -2.47. The first kappa shape index (κ1) is 17.5. The van der Waals surface area contributed by atoms with Crippen molar-refractivity contribution in [3.63, 3.8) is 0 Å². The van der Waals surface area contributed by atoms with E-state index in [9.17, 15) is 0 Å². The summed E-state index contributed by atoms with van der Waals surface area (Å²) in [6.07, 6.45) is 1.61. The van der Waals surface area contributed by atoms with E-state index in [1.54, 1.807) is 17.7 Å². The third-order valence-electron chi connectivity index (χ3n) is 5.18. The van der Waals surface area contributed by atoms with Crippen molar-refractivity contribution in [1.82, 2.24) is 20.2 Å². The molecule has 0 aliphatic carbocycles. The Hall–Kier alpha value is -2.64. The van der Waals surface area contributed by atoms with Crippen LogP contribution in [0.15, 0.2) is 42.0 Å². The molecule has 0 unspecified atom stereocenters.